The van der Waals surface area contributed by atoms with E-state index in [4.69, 9.17) is 11.6 Å². The third-order valence-electron chi connectivity index (χ3n) is 3.24. The van der Waals surface area contributed by atoms with E-state index in [1.807, 2.05) is 23.3 Å². The third kappa shape index (κ3) is 2.21. The van der Waals surface area contributed by atoms with E-state index in [0.717, 1.165) is 17.2 Å². The van der Waals surface area contributed by atoms with Gasteiger partial charge in [-0.25, -0.2) is 4.98 Å². The molecule has 0 N–H and O–H groups in total. The molecular weight excluding hydrogens is 274 g/mol. The van der Waals surface area contributed by atoms with Crippen LogP contribution in [0.4, 0.5) is 0 Å². The van der Waals surface area contributed by atoms with Gasteiger partial charge in [-0.1, -0.05) is 11.6 Å². The zero-order valence-electron chi connectivity index (χ0n) is 9.60. The minimum absolute atomic E-state index is 0.648. The van der Waals surface area contributed by atoms with Crippen molar-refractivity contribution in [2.75, 3.05) is 18.6 Å². The molecule has 3 nitrogen and oxygen atoms in total. The summed E-state index contributed by atoms with van der Waals surface area (Å²) in [7, 11) is 2.18. The van der Waals surface area contributed by atoms with E-state index >= 15 is 0 Å². The predicted octanol–water partition coefficient (Wildman–Crippen LogP) is 2.99. The molecule has 92 valence electrons. The Hall–Kier alpha value is -0.230. The van der Waals surface area contributed by atoms with Crippen LogP contribution in [0.15, 0.2) is 11.6 Å². The minimum atomic E-state index is 0.648. The largest absolute Gasteiger partial charge is 0.297 e. The van der Waals surface area contributed by atoms with E-state index < -0.39 is 0 Å². The molecule has 0 aliphatic carbocycles. The van der Waals surface area contributed by atoms with Gasteiger partial charge in [0.25, 0.3) is 0 Å². The average Bonchev–Trinajstić information content (AvgIpc) is 2.98. The Bertz CT molecular complexity index is 516. The van der Waals surface area contributed by atoms with Gasteiger partial charge in [0.1, 0.15) is 0 Å². The Morgan fingerprint density at radius 3 is 3.29 bits per heavy atom. The van der Waals surface area contributed by atoms with Crippen molar-refractivity contribution in [3.8, 4) is 0 Å². The number of nitrogens with zero attached hydrogens (tertiary/aromatic N) is 3. The third-order valence-corrected chi connectivity index (χ3v) is 5.44. The van der Waals surface area contributed by atoms with Crippen LogP contribution in [0.1, 0.15) is 12.1 Å². The number of thiazole rings is 1. The number of rotatable bonds is 3. The van der Waals surface area contributed by atoms with Crippen molar-refractivity contribution < 1.29 is 0 Å². The molecule has 1 aliphatic heterocycles. The molecule has 0 saturated carbocycles. The van der Waals surface area contributed by atoms with Gasteiger partial charge in [-0.3, -0.25) is 9.30 Å². The van der Waals surface area contributed by atoms with E-state index in [1.54, 1.807) is 11.3 Å². The van der Waals surface area contributed by atoms with Crippen LogP contribution in [0.2, 0.25) is 5.15 Å². The molecule has 2 aromatic rings. The SMILES string of the molecule is CN(Cc1c(Cl)nc2sccn12)C1CCSC1. The maximum atomic E-state index is 6.20. The van der Waals surface area contributed by atoms with Crippen molar-refractivity contribution in [2.24, 2.45) is 0 Å². The van der Waals surface area contributed by atoms with E-state index in [0.29, 0.717) is 11.2 Å². The Labute approximate surface area is 114 Å². The van der Waals surface area contributed by atoms with Crippen molar-refractivity contribution in [2.45, 2.75) is 19.0 Å². The number of hydrogen-bond acceptors (Lipinski definition) is 4. The fourth-order valence-electron chi connectivity index (χ4n) is 2.18. The molecule has 0 aromatic carbocycles. The fraction of sp³-hybridized carbons (Fsp3) is 0.545. The molecule has 3 rings (SSSR count). The normalized spacial score (nSPS) is 20.8. The maximum absolute atomic E-state index is 6.20. The number of aromatic nitrogens is 2. The van der Waals surface area contributed by atoms with Crippen molar-refractivity contribution in [1.82, 2.24) is 14.3 Å². The molecule has 1 atom stereocenters. The predicted molar refractivity (Wildman–Crippen MR) is 75.3 cm³/mol. The monoisotopic (exact) mass is 287 g/mol. The summed E-state index contributed by atoms with van der Waals surface area (Å²) in [5.41, 5.74) is 1.11. The summed E-state index contributed by atoms with van der Waals surface area (Å²) in [6, 6.07) is 0.681. The molecule has 1 fully saturated rings. The molecule has 3 heterocycles. The molecule has 0 amide bonds. The second kappa shape index (κ2) is 4.80. The first-order chi connectivity index (χ1) is 8.25. The first-order valence-electron chi connectivity index (χ1n) is 5.63. The van der Waals surface area contributed by atoms with E-state index in [-0.39, 0.29) is 0 Å². The maximum Gasteiger partial charge on any atom is 0.195 e. The van der Waals surface area contributed by atoms with Crippen LogP contribution in [-0.4, -0.2) is 38.9 Å². The lowest BCUT2D eigenvalue weighted by Gasteiger charge is -2.22. The first-order valence-corrected chi connectivity index (χ1v) is 8.05. The number of hydrogen-bond donors (Lipinski definition) is 0. The van der Waals surface area contributed by atoms with Gasteiger partial charge in [-0.05, 0) is 19.2 Å². The van der Waals surface area contributed by atoms with Crippen LogP contribution >= 0.6 is 34.7 Å². The molecule has 0 bridgehead atoms. The molecule has 2 aromatic heterocycles. The summed E-state index contributed by atoms with van der Waals surface area (Å²) in [5.74, 6) is 2.52. The molecule has 1 aliphatic rings. The summed E-state index contributed by atoms with van der Waals surface area (Å²) < 4.78 is 2.10. The summed E-state index contributed by atoms with van der Waals surface area (Å²) in [6.45, 7) is 0.877. The molecule has 0 radical (unpaired) electrons. The van der Waals surface area contributed by atoms with Gasteiger partial charge in [0.05, 0.1) is 5.69 Å². The highest BCUT2D eigenvalue weighted by molar-refractivity contribution is 7.99. The van der Waals surface area contributed by atoms with Gasteiger partial charge in [0, 0.05) is 29.9 Å². The van der Waals surface area contributed by atoms with E-state index in [9.17, 15) is 0 Å². The lowest BCUT2D eigenvalue weighted by molar-refractivity contribution is 0.251. The minimum Gasteiger partial charge on any atom is -0.297 e. The zero-order chi connectivity index (χ0) is 11.8. The summed E-state index contributed by atoms with van der Waals surface area (Å²) in [6.07, 6.45) is 3.33. The number of halogens is 1. The summed E-state index contributed by atoms with van der Waals surface area (Å²) in [5, 5.41) is 2.70. The van der Waals surface area contributed by atoms with Gasteiger partial charge in [0.15, 0.2) is 10.1 Å². The van der Waals surface area contributed by atoms with Gasteiger partial charge in [0.2, 0.25) is 0 Å². The lowest BCUT2D eigenvalue weighted by Crippen LogP contribution is -2.31. The molecular formula is C11H14ClN3S2. The van der Waals surface area contributed by atoms with Crippen LogP contribution < -0.4 is 0 Å². The molecule has 1 saturated heterocycles. The van der Waals surface area contributed by atoms with Crippen LogP contribution in [0, 0.1) is 0 Å². The van der Waals surface area contributed by atoms with E-state index in [2.05, 4.69) is 21.3 Å². The molecule has 17 heavy (non-hydrogen) atoms. The molecule has 0 spiro atoms. The Morgan fingerprint density at radius 1 is 1.65 bits per heavy atom. The Kier molecular flexibility index (Phi) is 3.34. The van der Waals surface area contributed by atoms with Gasteiger partial charge in [-0.15, -0.1) is 11.3 Å². The van der Waals surface area contributed by atoms with Crippen molar-refractivity contribution in [3.05, 3.63) is 22.4 Å². The zero-order valence-corrected chi connectivity index (χ0v) is 12.0. The standard InChI is InChI=1S/C11H14ClN3S2/c1-14(8-2-4-16-7-8)6-9-10(12)13-11-15(9)3-5-17-11/h3,5,8H,2,4,6-7H2,1H3. The average molecular weight is 288 g/mol. The Balaban J connectivity index is 1.83. The Morgan fingerprint density at radius 2 is 2.53 bits per heavy atom. The highest BCUT2D eigenvalue weighted by atomic mass is 35.5. The molecule has 1 unspecified atom stereocenters. The number of imidazole rings is 1. The number of fused-ring (bicyclic) bond motifs is 1. The topological polar surface area (TPSA) is 20.5 Å². The highest BCUT2D eigenvalue weighted by Gasteiger charge is 2.22. The fourth-order valence-corrected chi connectivity index (χ4v) is 4.50. The van der Waals surface area contributed by atoms with Crippen LogP contribution in [0.5, 0.6) is 0 Å². The smallest absolute Gasteiger partial charge is 0.195 e. The first kappa shape index (κ1) is 11.8. The van der Waals surface area contributed by atoms with Crippen molar-refractivity contribution in [3.63, 3.8) is 0 Å². The van der Waals surface area contributed by atoms with E-state index in [1.165, 1.54) is 17.9 Å². The van der Waals surface area contributed by atoms with Crippen LogP contribution in [0.3, 0.4) is 0 Å². The van der Waals surface area contributed by atoms with Crippen LogP contribution in [-0.2, 0) is 6.54 Å². The second-order valence-corrected chi connectivity index (χ2v) is 6.72. The van der Waals surface area contributed by atoms with Crippen molar-refractivity contribution >= 4 is 39.7 Å². The van der Waals surface area contributed by atoms with Crippen molar-refractivity contribution in [1.29, 1.82) is 0 Å². The highest BCUT2D eigenvalue weighted by Crippen LogP contribution is 2.26. The quantitative estimate of drug-likeness (QED) is 0.866. The number of thioether (sulfide) groups is 1. The van der Waals surface area contributed by atoms with Gasteiger partial charge in [-0.2, -0.15) is 11.8 Å². The molecule has 6 heteroatoms. The van der Waals surface area contributed by atoms with Crippen LogP contribution in [0.25, 0.3) is 4.96 Å². The second-order valence-electron chi connectivity index (χ2n) is 4.34. The summed E-state index contributed by atoms with van der Waals surface area (Å²) in [4.78, 5) is 7.75. The summed E-state index contributed by atoms with van der Waals surface area (Å²) >= 11 is 9.87. The van der Waals surface area contributed by atoms with Gasteiger partial charge < -0.3 is 0 Å². The lowest BCUT2D eigenvalue weighted by atomic mass is 10.2. The van der Waals surface area contributed by atoms with Gasteiger partial charge >= 0.3 is 0 Å².